The van der Waals surface area contributed by atoms with Crippen LogP contribution in [0.5, 0.6) is 0 Å². The normalized spacial score (nSPS) is 15.2. The zero-order valence-electron chi connectivity index (χ0n) is 10.4. The minimum absolute atomic E-state index is 0. The van der Waals surface area contributed by atoms with Crippen molar-refractivity contribution in [3.63, 3.8) is 0 Å². The molecule has 0 atom stereocenters. The van der Waals surface area contributed by atoms with Crippen LogP contribution in [0, 0.1) is 0 Å². The van der Waals surface area contributed by atoms with E-state index in [2.05, 4.69) is 36.8 Å². The van der Waals surface area contributed by atoms with Gasteiger partial charge in [-0.2, -0.15) is 5.10 Å². The molecule has 1 N–H and O–H groups in total. The topological polar surface area (TPSA) is 29.9 Å². The molecule has 2 rings (SSSR count). The first kappa shape index (κ1) is 13.5. The Labute approximate surface area is 104 Å². The molecule has 1 aromatic rings. The van der Waals surface area contributed by atoms with E-state index in [0.29, 0.717) is 6.04 Å². The number of hydrogen-bond donors (Lipinski definition) is 1. The van der Waals surface area contributed by atoms with E-state index in [1.54, 1.807) is 0 Å². The van der Waals surface area contributed by atoms with Crippen molar-refractivity contribution in [1.29, 1.82) is 0 Å². The van der Waals surface area contributed by atoms with Crippen LogP contribution in [0.2, 0.25) is 0 Å². The summed E-state index contributed by atoms with van der Waals surface area (Å²) < 4.78 is 2.16. The minimum atomic E-state index is 0. The van der Waals surface area contributed by atoms with Crippen LogP contribution < -0.4 is 5.32 Å². The summed E-state index contributed by atoms with van der Waals surface area (Å²) >= 11 is 0. The fourth-order valence-electron chi connectivity index (χ4n) is 1.87. The summed E-state index contributed by atoms with van der Waals surface area (Å²) in [5, 5.41) is 8.07. The third-order valence-corrected chi connectivity index (χ3v) is 2.87. The molecule has 1 heterocycles. The molecule has 1 aliphatic carbocycles. The first-order valence-corrected chi connectivity index (χ1v) is 6.01. The average molecular weight is 244 g/mol. The van der Waals surface area contributed by atoms with Gasteiger partial charge in [-0.15, -0.1) is 12.4 Å². The molecule has 3 nitrogen and oxygen atoms in total. The van der Waals surface area contributed by atoms with E-state index in [4.69, 9.17) is 5.10 Å². The highest BCUT2D eigenvalue weighted by atomic mass is 35.5. The lowest BCUT2D eigenvalue weighted by Gasteiger charge is -2.10. The molecule has 0 bridgehead atoms. The largest absolute Gasteiger partial charge is 0.311 e. The van der Waals surface area contributed by atoms with Gasteiger partial charge in [0.15, 0.2) is 0 Å². The maximum absolute atomic E-state index is 4.70. The number of halogens is 1. The molecular weight excluding hydrogens is 222 g/mol. The molecule has 0 unspecified atom stereocenters. The van der Waals surface area contributed by atoms with E-state index in [9.17, 15) is 0 Å². The number of aromatic nitrogens is 2. The lowest BCUT2D eigenvalue weighted by molar-refractivity contribution is 0.494. The predicted molar refractivity (Wildman–Crippen MR) is 69.2 cm³/mol. The standard InChI is InChI=1S/C12H21N3.ClH/c1-4-13-8-11-7-12(10-5-6-10)14-15(11)9(2)3;/h7,9-10,13H,4-6,8H2,1-3H3;1H. The summed E-state index contributed by atoms with van der Waals surface area (Å²) in [7, 11) is 0. The van der Waals surface area contributed by atoms with Crippen molar-refractivity contribution in [2.75, 3.05) is 6.54 Å². The summed E-state index contributed by atoms with van der Waals surface area (Å²) in [4.78, 5) is 0. The number of hydrogen-bond acceptors (Lipinski definition) is 2. The first-order chi connectivity index (χ1) is 7.22. The van der Waals surface area contributed by atoms with Crippen LogP contribution in [0.4, 0.5) is 0 Å². The molecule has 0 radical (unpaired) electrons. The van der Waals surface area contributed by atoms with E-state index in [1.807, 2.05) is 0 Å². The van der Waals surface area contributed by atoms with Gasteiger partial charge in [0.25, 0.3) is 0 Å². The van der Waals surface area contributed by atoms with Gasteiger partial charge in [0.2, 0.25) is 0 Å². The molecule has 0 aromatic carbocycles. The Morgan fingerprint density at radius 3 is 2.69 bits per heavy atom. The van der Waals surface area contributed by atoms with Gasteiger partial charge in [0.05, 0.1) is 11.4 Å². The van der Waals surface area contributed by atoms with E-state index >= 15 is 0 Å². The second-order valence-corrected chi connectivity index (χ2v) is 4.65. The Kier molecular flexibility index (Phi) is 4.81. The third-order valence-electron chi connectivity index (χ3n) is 2.87. The van der Waals surface area contributed by atoms with E-state index in [1.165, 1.54) is 24.2 Å². The molecule has 1 aliphatic rings. The van der Waals surface area contributed by atoms with Crippen LogP contribution in [0.15, 0.2) is 6.07 Å². The monoisotopic (exact) mass is 243 g/mol. The molecule has 1 fully saturated rings. The van der Waals surface area contributed by atoms with Gasteiger partial charge in [0.1, 0.15) is 0 Å². The van der Waals surface area contributed by atoms with Crippen LogP contribution in [0.1, 0.15) is 57.0 Å². The van der Waals surface area contributed by atoms with E-state index in [-0.39, 0.29) is 12.4 Å². The van der Waals surface area contributed by atoms with Gasteiger partial charge in [0, 0.05) is 18.5 Å². The van der Waals surface area contributed by atoms with Gasteiger partial charge in [-0.3, -0.25) is 4.68 Å². The molecule has 92 valence electrons. The zero-order chi connectivity index (χ0) is 10.8. The minimum Gasteiger partial charge on any atom is -0.311 e. The smallest absolute Gasteiger partial charge is 0.0659 e. The highest BCUT2D eigenvalue weighted by molar-refractivity contribution is 5.85. The summed E-state index contributed by atoms with van der Waals surface area (Å²) in [6.45, 7) is 8.48. The molecule has 0 amide bonds. The summed E-state index contributed by atoms with van der Waals surface area (Å²) in [5.74, 6) is 0.755. The Morgan fingerprint density at radius 1 is 1.50 bits per heavy atom. The zero-order valence-corrected chi connectivity index (χ0v) is 11.2. The highest BCUT2D eigenvalue weighted by Crippen LogP contribution is 2.39. The quantitative estimate of drug-likeness (QED) is 0.862. The molecule has 0 saturated heterocycles. The average Bonchev–Trinajstić information content (AvgIpc) is 2.96. The maximum Gasteiger partial charge on any atom is 0.0659 e. The van der Waals surface area contributed by atoms with Gasteiger partial charge < -0.3 is 5.32 Å². The van der Waals surface area contributed by atoms with Crippen LogP contribution in [-0.4, -0.2) is 16.3 Å². The van der Waals surface area contributed by atoms with Crippen molar-refractivity contribution in [1.82, 2.24) is 15.1 Å². The van der Waals surface area contributed by atoms with Gasteiger partial charge in [-0.25, -0.2) is 0 Å². The molecule has 4 heteroatoms. The van der Waals surface area contributed by atoms with Crippen LogP contribution in [0.25, 0.3) is 0 Å². The summed E-state index contributed by atoms with van der Waals surface area (Å²) in [6, 6.07) is 2.74. The van der Waals surface area contributed by atoms with Crippen molar-refractivity contribution >= 4 is 12.4 Å². The maximum atomic E-state index is 4.70. The SMILES string of the molecule is CCNCc1cc(C2CC2)nn1C(C)C.Cl. The second-order valence-electron chi connectivity index (χ2n) is 4.65. The molecule has 16 heavy (non-hydrogen) atoms. The van der Waals surface area contributed by atoms with Crippen molar-refractivity contribution in [2.45, 2.75) is 52.1 Å². The molecule has 0 aliphatic heterocycles. The molecule has 1 aromatic heterocycles. The predicted octanol–water partition coefficient (Wildman–Crippen LogP) is 2.87. The van der Waals surface area contributed by atoms with E-state index in [0.717, 1.165) is 19.0 Å². The summed E-state index contributed by atoms with van der Waals surface area (Å²) in [6.07, 6.45) is 2.66. The van der Waals surface area contributed by atoms with E-state index < -0.39 is 0 Å². The first-order valence-electron chi connectivity index (χ1n) is 6.01. The highest BCUT2D eigenvalue weighted by Gasteiger charge is 2.27. The van der Waals surface area contributed by atoms with Crippen LogP contribution in [-0.2, 0) is 6.54 Å². The van der Waals surface area contributed by atoms with Crippen molar-refractivity contribution in [3.05, 3.63) is 17.5 Å². The lowest BCUT2D eigenvalue weighted by Crippen LogP contribution is -2.17. The Hall–Kier alpha value is -0.540. The van der Waals surface area contributed by atoms with Crippen LogP contribution in [0.3, 0.4) is 0 Å². The van der Waals surface area contributed by atoms with Crippen molar-refractivity contribution < 1.29 is 0 Å². The molecule has 1 saturated carbocycles. The van der Waals surface area contributed by atoms with Gasteiger partial charge in [-0.05, 0) is 39.3 Å². The Balaban J connectivity index is 0.00000128. The third kappa shape index (κ3) is 2.98. The second kappa shape index (κ2) is 5.69. The van der Waals surface area contributed by atoms with Crippen molar-refractivity contribution in [2.24, 2.45) is 0 Å². The number of rotatable bonds is 5. The number of nitrogens with zero attached hydrogens (tertiary/aromatic N) is 2. The Morgan fingerprint density at radius 2 is 2.19 bits per heavy atom. The fraction of sp³-hybridized carbons (Fsp3) is 0.750. The lowest BCUT2D eigenvalue weighted by atomic mass is 10.2. The summed E-state index contributed by atoms with van der Waals surface area (Å²) in [5.41, 5.74) is 2.63. The molecule has 0 spiro atoms. The Bertz CT molecular complexity index is 329. The van der Waals surface area contributed by atoms with Gasteiger partial charge in [-0.1, -0.05) is 6.92 Å². The molecular formula is C12H22ClN3. The fourth-order valence-corrected chi connectivity index (χ4v) is 1.87. The van der Waals surface area contributed by atoms with Gasteiger partial charge >= 0.3 is 0 Å². The van der Waals surface area contributed by atoms with Crippen molar-refractivity contribution in [3.8, 4) is 0 Å². The number of nitrogens with one attached hydrogen (secondary N) is 1. The van der Waals surface area contributed by atoms with Crippen LogP contribution >= 0.6 is 12.4 Å².